The molecule has 0 spiro atoms. The Bertz CT molecular complexity index is 761. The third-order valence-electron chi connectivity index (χ3n) is 6.34. The van der Waals surface area contributed by atoms with Crippen molar-refractivity contribution in [3.8, 4) is 0 Å². The van der Waals surface area contributed by atoms with Gasteiger partial charge in [-0.1, -0.05) is 6.92 Å². The minimum atomic E-state index is -0.139. The maximum absolute atomic E-state index is 9.91. The fourth-order valence-electron chi connectivity index (χ4n) is 4.43. The second-order valence-electron chi connectivity index (χ2n) is 8.25. The highest BCUT2D eigenvalue weighted by atomic mass is 16.5. The number of ether oxygens (including phenoxy) is 1. The Morgan fingerprint density at radius 3 is 2.63 bits per heavy atom. The molecule has 4 rings (SSSR count). The number of hydrogen-bond acceptors (Lipinski definition) is 5. The lowest BCUT2D eigenvalue weighted by Gasteiger charge is -2.25. The Morgan fingerprint density at radius 2 is 1.93 bits per heavy atom. The summed E-state index contributed by atoms with van der Waals surface area (Å²) in [7, 11) is 0. The molecule has 0 amide bonds. The molecule has 1 atom stereocenters. The fourth-order valence-corrected chi connectivity index (χ4v) is 4.43. The van der Waals surface area contributed by atoms with Crippen molar-refractivity contribution in [1.82, 2.24) is 14.6 Å². The predicted octanol–water partition coefficient (Wildman–Crippen LogP) is 3.85. The van der Waals surface area contributed by atoms with Crippen molar-refractivity contribution in [3.05, 3.63) is 23.5 Å². The van der Waals surface area contributed by atoms with E-state index in [0.29, 0.717) is 23.8 Å². The van der Waals surface area contributed by atoms with Gasteiger partial charge in [0, 0.05) is 30.9 Å². The van der Waals surface area contributed by atoms with E-state index in [1.54, 1.807) is 0 Å². The van der Waals surface area contributed by atoms with Crippen molar-refractivity contribution in [2.45, 2.75) is 82.8 Å². The molecule has 0 bridgehead atoms. The van der Waals surface area contributed by atoms with E-state index in [1.165, 1.54) is 11.3 Å². The minimum Gasteiger partial charge on any atom is -0.393 e. The summed E-state index contributed by atoms with van der Waals surface area (Å²) in [6.45, 7) is 5.98. The van der Waals surface area contributed by atoms with Crippen LogP contribution in [0.25, 0.3) is 5.52 Å². The van der Waals surface area contributed by atoms with Crippen molar-refractivity contribution < 1.29 is 9.84 Å². The van der Waals surface area contributed by atoms with Crippen molar-refractivity contribution >= 4 is 11.5 Å². The zero-order valence-corrected chi connectivity index (χ0v) is 16.5. The van der Waals surface area contributed by atoms with Gasteiger partial charge in [0.1, 0.15) is 0 Å². The fraction of sp³-hybridized carbons (Fsp3) is 0.714. The van der Waals surface area contributed by atoms with E-state index in [-0.39, 0.29) is 6.10 Å². The third-order valence-corrected chi connectivity index (χ3v) is 6.34. The van der Waals surface area contributed by atoms with Gasteiger partial charge in [0.05, 0.1) is 17.8 Å². The van der Waals surface area contributed by atoms with Gasteiger partial charge < -0.3 is 15.2 Å². The lowest BCUT2D eigenvalue weighted by molar-refractivity contribution is 0.0856. The van der Waals surface area contributed by atoms with Gasteiger partial charge in [-0.05, 0) is 69.4 Å². The van der Waals surface area contributed by atoms with Crippen LogP contribution in [-0.4, -0.2) is 45.1 Å². The van der Waals surface area contributed by atoms with Crippen LogP contribution in [0.15, 0.2) is 12.3 Å². The minimum absolute atomic E-state index is 0.139. The molecule has 1 saturated carbocycles. The highest BCUT2D eigenvalue weighted by Crippen LogP contribution is 2.38. The molecule has 2 aromatic rings. The second kappa shape index (κ2) is 8.15. The highest BCUT2D eigenvalue weighted by Gasteiger charge is 2.28. The Hall–Kier alpha value is -1.66. The summed E-state index contributed by atoms with van der Waals surface area (Å²) in [5.41, 5.74) is 3.79. The maximum Gasteiger partial charge on any atom is 0.241 e. The van der Waals surface area contributed by atoms with Crippen LogP contribution < -0.4 is 5.32 Å². The molecule has 1 aliphatic heterocycles. The molecule has 2 N–H and O–H groups in total. The van der Waals surface area contributed by atoms with E-state index in [9.17, 15) is 5.11 Å². The molecule has 6 heteroatoms. The quantitative estimate of drug-likeness (QED) is 0.834. The first kappa shape index (κ1) is 18.7. The molecular weight excluding hydrogens is 340 g/mol. The van der Waals surface area contributed by atoms with Gasteiger partial charge in [-0.15, -0.1) is 5.10 Å². The van der Waals surface area contributed by atoms with Crippen LogP contribution in [-0.2, 0) is 4.74 Å². The van der Waals surface area contributed by atoms with Gasteiger partial charge in [-0.3, -0.25) is 0 Å². The molecule has 6 nitrogen and oxygen atoms in total. The molecule has 0 radical (unpaired) electrons. The molecule has 27 heavy (non-hydrogen) atoms. The standard InChI is InChI=1S/C21H32N4O2/c1-3-14(2)23-21-22-13-20-18(15-8-10-27-11-9-15)12-19(25(20)24-21)16-4-6-17(26)7-5-16/h12-17,26H,3-11H2,1-2H3,(H,23,24)/t14?,16-,17-. The first-order valence-electron chi connectivity index (χ1n) is 10.6. The lowest BCUT2D eigenvalue weighted by atomic mass is 9.84. The van der Waals surface area contributed by atoms with Crippen molar-refractivity contribution in [3.63, 3.8) is 0 Å². The van der Waals surface area contributed by atoms with Crippen LogP contribution in [0.3, 0.4) is 0 Å². The van der Waals surface area contributed by atoms with Gasteiger partial charge >= 0.3 is 0 Å². The molecule has 1 saturated heterocycles. The summed E-state index contributed by atoms with van der Waals surface area (Å²) in [6.07, 6.45) is 8.83. The average Bonchev–Trinajstić information content (AvgIpc) is 3.08. The number of fused-ring (bicyclic) bond motifs is 1. The average molecular weight is 373 g/mol. The monoisotopic (exact) mass is 372 g/mol. The number of anilines is 1. The van der Waals surface area contributed by atoms with Gasteiger partial charge in [0.2, 0.25) is 5.95 Å². The second-order valence-corrected chi connectivity index (χ2v) is 8.25. The van der Waals surface area contributed by atoms with E-state index >= 15 is 0 Å². The van der Waals surface area contributed by atoms with E-state index in [1.807, 2.05) is 6.20 Å². The third kappa shape index (κ3) is 3.97. The lowest BCUT2D eigenvalue weighted by Crippen LogP contribution is -2.19. The summed E-state index contributed by atoms with van der Waals surface area (Å²) in [4.78, 5) is 4.61. The Morgan fingerprint density at radius 1 is 1.19 bits per heavy atom. The SMILES string of the molecule is CCC(C)Nc1ncc2c(C3CCOCC3)cc([C@H]3CC[C@H](O)CC3)n2n1. The number of nitrogens with one attached hydrogen (secondary N) is 1. The summed E-state index contributed by atoms with van der Waals surface area (Å²) < 4.78 is 7.70. The largest absolute Gasteiger partial charge is 0.393 e. The topological polar surface area (TPSA) is 71.7 Å². The number of aliphatic hydroxyl groups is 1. The summed E-state index contributed by atoms with van der Waals surface area (Å²) >= 11 is 0. The van der Waals surface area contributed by atoms with Crippen molar-refractivity contribution in [2.75, 3.05) is 18.5 Å². The highest BCUT2D eigenvalue weighted by molar-refractivity contribution is 5.58. The smallest absolute Gasteiger partial charge is 0.241 e. The van der Waals surface area contributed by atoms with Gasteiger partial charge in [0.15, 0.2) is 0 Å². The van der Waals surface area contributed by atoms with Gasteiger partial charge in [-0.25, -0.2) is 9.50 Å². The zero-order valence-electron chi connectivity index (χ0n) is 16.5. The van der Waals surface area contributed by atoms with Crippen LogP contribution in [0.5, 0.6) is 0 Å². The van der Waals surface area contributed by atoms with E-state index in [0.717, 1.165) is 63.7 Å². The normalized spacial score (nSPS) is 25.6. The molecule has 2 aliphatic rings. The Kier molecular flexibility index (Phi) is 5.64. The van der Waals surface area contributed by atoms with E-state index < -0.39 is 0 Å². The van der Waals surface area contributed by atoms with Crippen molar-refractivity contribution in [1.29, 1.82) is 0 Å². The van der Waals surface area contributed by atoms with Gasteiger partial charge in [-0.2, -0.15) is 0 Å². The van der Waals surface area contributed by atoms with Crippen molar-refractivity contribution in [2.24, 2.45) is 0 Å². The number of aliphatic hydroxyl groups excluding tert-OH is 1. The Balaban J connectivity index is 1.72. The molecule has 1 aliphatic carbocycles. The number of aromatic nitrogens is 3. The van der Waals surface area contributed by atoms with E-state index in [4.69, 9.17) is 9.84 Å². The first-order chi connectivity index (χ1) is 13.2. The molecule has 3 heterocycles. The summed E-state index contributed by atoms with van der Waals surface area (Å²) in [5.74, 6) is 1.68. The molecular formula is C21H32N4O2. The van der Waals surface area contributed by atoms with Crippen LogP contribution in [0.4, 0.5) is 5.95 Å². The summed E-state index contributed by atoms with van der Waals surface area (Å²) in [5, 5.41) is 18.2. The predicted molar refractivity (Wildman–Crippen MR) is 106 cm³/mol. The van der Waals surface area contributed by atoms with Crippen LogP contribution in [0, 0.1) is 0 Å². The number of rotatable bonds is 5. The van der Waals surface area contributed by atoms with Gasteiger partial charge in [0.25, 0.3) is 0 Å². The first-order valence-corrected chi connectivity index (χ1v) is 10.6. The number of hydrogen-bond donors (Lipinski definition) is 2. The Labute approximate surface area is 161 Å². The zero-order chi connectivity index (χ0) is 18.8. The molecule has 2 aromatic heterocycles. The number of nitrogens with zero attached hydrogens (tertiary/aromatic N) is 3. The molecule has 0 aromatic carbocycles. The maximum atomic E-state index is 9.91. The van der Waals surface area contributed by atoms with Crippen LogP contribution in [0.1, 0.15) is 81.9 Å². The molecule has 1 unspecified atom stereocenters. The van der Waals surface area contributed by atoms with Crippen LogP contribution in [0.2, 0.25) is 0 Å². The van der Waals surface area contributed by atoms with E-state index in [2.05, 4.69) is 34.7 Å². The molecule has 148 valence electrons. The molecule has 2 fully saturated rings. The summed E-state index contributed by atoms with van der Waals surface area (Å²) in [6, 6.07) is 2.72. The van der Waals surface area contributed by atoms with Crippen LogP contribution >= 0.6 is 0 Å².